The molecule has 108 valence electrons. The summed E-state index contributed by atoms with van der Waals surface area (Å²) in [5.74, 6) is -0.188. The molecule has 1 unspecified atom stereocenters. The van der Waals surface area contributed by atoms with Crippen molar-refractivity contribution in [3.05, 3.63) is 40.3 Å². The monoisotopic (exact) mass is 294 g/mol. The molecule has 0 bridgehead atoms. The molecule has 3 N–H and O–H groups in total. The maximum Gasteiger partial charge on any atom is 0.167 e. The molecule has 2 rings (SSSR count). The molecule has 1 heterocycles. The van der Waals surface area contributed by atoms with Gasteiger partial charge in [0.1, 0.15) is 0 Å². The Morgan fingerprint density at radius 1 is 1.45 bits per heavy atom. The third kappa shape index (κ3) is 3.42. The number of halogens is 1. The van der Waals surface area contributed by atoms with Gasteiger partial charge in [-0.2, -0.15) is 0 Å². The Balaban J connectivity index is 2.18. The van der Waals surface area contributed by atoms with E-state index < -0.39 is 5.82 Å². The van der Waals surface area contributed by atoms with Gasteiger partial charge in [0.2, 0.25) is 0 Å². The van der Waals surface area contributed by atoms with Crippen LogP contribution in [0.3, 0.4) is 0 Å². The number of benzene rings is 1. The molecular weight excluding hydrogens is 275 g/mol. The van der Waals surface area contributed by atoms with Crippen molar-refractivity contribution >= 4 is 22.7 Å². The predicted molar refractivity (Wildman–Crippen MR) is 83.0 cm³/mol. The van der Waals surface area contributed by atoms with Gasteiger partial charge in [0, 0.05) is 17.0 Å². The van der Waals surface area contributed by atoms with Crippen molar-refractivity contribution in [1.29, 1.82) is 0 Å². The van der Waals surface area contributed by atoms with Gasteiger partial charge in [0.05, 0.1) is 24.0 Å². The number of ether oxygens (including phenoxy) is 1. The Labute approximate surface area is 122 Å². The quantitative estimate of drug-likeness (QED) is 0.775. The van der Waals surface area contributed by atoms with E-state index in [0.717, 1.165) is 6.42 Å². The third-order valence-electron chi connectivity index (χ3n) is 2.91. The number of nitrogen functional groups attached to an aromatic ring is 1. The van der Waals surface area contributed by atoms with Crippen LogP contribution in [0.5, 0.6) is 5.75 Å². The highest BCUT2D eigenvalue weighted by Crippen LogP contribution is 2.31. The third-order valence-corrected chi connectivity index (χ3v) is 3.96. The summed E-state index contributed by atoms with van der Waals surface area (Å²) >= 11 is 1.67. The van der Waals surface area contributed by atoms with E-state index in [4.69, 9.17) is 10.5 Å². The molecule has 1 aromatic carbocycles. The minimum Gasteiger partial charge on any atom is -0.490 e. The zero-order valence-corrected chi connectivity index (χ0v) is 12.5. The number of thiophene rings is 1. The normalized spacial score (nSPS) is 12.2. The van der Waals surface area contributed by atoms with Crippen LogP contribution < -0.4 is 15.8 Å². The molecule has 0 amide bonds. The van der Waals surface area contributed by atoms with Crippen LogP contribution in [-0.2, 0) is 0 Å². The molecule has 0 aliphatic heterocycles. The van der Waals surface area contributed by atoms with Crippen LogP contribution in [0, 0.1) is 5.82 Å². The van der Waals surface area contributed by atoms with E-state index in [0.29, 0.717) is 18.0 Å². The molecule has 20 heavy (non-hydrogen) atoms. The average molecular weight is 294 g/mol. The zero-order valence-electron chi connectivity index (χ0n) is 11.7. The van der Waals surface area contributed by atoms with Gasteiger partial charge >= 0.3 is 0 Å². The largest absolute Gasteiger partial charge is 0.490 e. The Kier molecular flexibility index (Phi) is 4.84. The molecule has 0 fully saturated rings. The minimum atomic E-state index is -0.426. The van der Waals surface area contributed by atoms with Crippen molar-refractivity contribution in [2.75, 3.05) is 17.7 Å². The van der Waals surface area contributed by atoms with E-state index >= 15 is 0 Å². The highest BCUT2D eigenvalue weighted by atomic mass is 32.1. The number of hydrogen-bond acceptors (Lipinski definition) is 4. The van der Waals surface area contributed by atoms with Crippen LogP contribution in [0.4, 0.5) is 15.8 Å². The number of nitrogens with two attached hydrogens (primary N) is 1. The highest BCUT2D eigenvalue weighted by Gasteiger charge is 2.12. The molecule has 5 heteroatoms. The van der Waals surface area contributed by atoms with Crippen LogP contribution in [-0.4, -0.2) is 6.61 Å². The summed E-state index contributed by atoms with van der Waals surface area (Å²) in [7, 11) is 0. The molecule has 1 aromatic heterocycles. The Hall–Kier alpha value is -1.75. The van der Waals surface area contributed by atoms with Gasteiger partial charge in [-0.05, 0) is 24.8 Å². The number of hydrogen-bond donors (Lipinski definition) is 2. The average Bonchev–Trinajstić information content (AvgIpc) is 2.94. The summed E-state index contributed by atoms with van der Waals surface area (Å²) in [6.07, 6.45) is 0.832. The Morgan fingerprint density at radius 2 is 2.25 bits per heavy atom. The van der Waals surface area contributed by atoms with Gasteiger partial charge in [-0.15, -0.1) is 11.3 Å². The highest BCUT2D eigenvalue weighted by molar-refractivity contribution is 7.10. The molecule has 0 aliphatic carbocycles. The Bertz CT molecular complexity index is 557. The number of rotatable bonds is 6. The predicted octanol–water partition coefficient (Wildman–Crippen LogP) is 4.43. The second-order valence-electron chi connectivity index (χ2n) is 4.60. The summed E-state index contributed by atoms with van der Waals surface area (Å²) in [4.78, 5) is 1.20. The molecule has 0 aliphatic rings. The fraction of sp³-hybridized carbons (Fsp3) is 0.333. The first kappa shape index (κ1) is 14.7. The van der Waals surface area contributed by atoms with Gasteiger partial charge in [-0.1, -0.05) is 13.0 Å². The van der Waals surface area contributed by atoms with Crippen LogP contribution in [0.2, 0.25) is 0 Å². The van der Waals surface area contributed by atoms with E-state index in [-0.39, 0.29) is 11.8 Å². The van der Waals surface area contributed by atoms with Gasteiger partial charge in [-0.25, -0.2) is 4.39 Å². The van der Waals surface area contributed by atoms with Gasteiger partial charge in [0.25, 0.3) is 0 Å². The maximum absolute atomic E-state index is 13.7. The first-order valence-corrected chi connectivity index (χ1v) is 7.51. The van der Waals surface area contributed by atoms with Crippen molar-refractivity contribution < 1.29 is 9.13 Å². The lowest BCUT2D eigenvalue weighted by Crippen LogP contribution is -2.08. The fourth-order valence-corrected chi connectivity index (χ4v) is 2.59. The summed E-state index contributed by atoms with van der Waals surface area (Å²) < 4.78 is 19.1. The SMILES string of the molecule is CCCOc1cc(NC(C)c2cccs2)c(N)cc1F. The van der Waals surface area contributed by atoms with Crippen molar-refractivity contribution in [1.82, 2.24) is 0 Å². The van der Waals surface area contributed by atoms with Crippen molar-refractivity contribution in [3.8, 4) is 5.75 Å². The summed E-state index contributed by atoms with van der Waals surface area (Å²) in [5, 5.41) is 5.32. The van der Waals surface area contributed by atoms with Crippen molar-refractivity contribution in [2.45, 2.75) is 26.3 Å². The molecule has 0 saturated heterocycles. The molecule has 0 spiro atoms. The molecule has 2 aromatic rings. The minimum absolute atomic E-state index is 0.113. The first-order chi connectivity index (χ1) is 9.61. The molecular formula is C15H19FN2OS. The molecule has 3 nitrogen and oxygen atoms in total. The Morgan fingerprint density at radius 3 is 2.90 bits per heavy atom. The summed E-state index contributed by atoms with van der Waals surface area (Å²) in [6, 6.07) is 7.10. The fourth-order valence-electron chi connectivity index (χ4n) is 1.86. The topological polar surface area (TPSA) is 47.3 Å². The maximum atomic E-state index is 13.7. The van der Waals surface area contributed by atoms with E-state index in [1.54, 1.807) is 17.4 Å². The standard InChI is InChI=1S/C15H19FN2OS/c1-3-6-19-14-9-13(12(17)8-11(14)16)18-10(2)15-5-4-7-20-15/h4-5,7-10,18H,3,6,17H2,1-2H3. The van der Waals surface area contributed by atoms with Crippen LogP contribution >= 0.6 is 11.3 Å². The summed E-state index contributed by atoms with van der Waals surface area (Å²) in [5.41, 5.74) is 6.94. The van der Waals surface area contributed by atoms with Crippen molar-refractivity contribution in [3.63, 3.8) is 0 Å². The van der Waals surface area contributed by atoms with Gasteiger partial charge in [-0.3, -0.25) is 0 Å². The molecule has 0 radical (unpaired) electrons. The number of nitrogens with one attached hydrogen (secondary N) is 1. The second-order valence-corrected chi connectivity index (χ2v) is 5.58. The first-order valence-electron chi connectivity index (χ1n) is 6.63. The number of anilines is 2. The van der Waals surface area contributed by atoms with E-state index in [9.17, 15) is 4.39 Å². The van der Waals surface area contributed by atoms with E-state index in [2.05, 4.69) is 11.4 Å². The van der Waals surface area contributed by atoms with Crippen LogP contribution in [0.1, 0.15) is 31.2 Å². The second kappa shape index (κ2) is 6.61. The lowest BCUT2D eigenvalue weighted by Gasteiger charge is -2.17. The van der Waals surface area contributed by atoms with Crippen LogP contribution in [0.15, 0.2) is 29.6 Å². The lowest BCUT2D eigenvalue weighted by atomic mass is 10.2. The smallest absolute Gasteiger partial charge is 0.167 e. The lowest BCUT2D eigenvalue weighted by molar-refractivity contribution is 0.301. The summed E-state index contributed by atoms with van der Waals surface area (Å²) in [6.45, 7) is 4.51. The van der Waals surface area contributed by atoms with Crippen LogP contribution in [0.25, 0.3) is 0 Å². The van der Waals surface area contributed by atoms with Crippen molar-refractivity contribution in [2.24, 2.45) is 0 Å². The van der Waals surface area contributed by atoms with E-state index in [1.165, 1.54) is 10.9 Å². The molecule has 0 saturated carbocycles. The zero-order chi connectivity index (χ0) is 14.5. The molecule has 1 atom stereocenters. The van der Waals surface area contributed by atoms with E-state index in [1.807, 2.05) is 25.3 Å². The van der Waals surface area contributed by atoms with Gasteiger partial charge < -0.3 is 15.8 Å². The van der Waals surface area contributed by atoms with Gasteiger partial charge in [0.15, 0.2) is 11.6 Å².